The lowest BCUT2D eigenvalue weighted by atomic mass is 10.1. The van der Waals surface area contributed by atoms with Crippen molar-refractivity contribution in [3.63, 3.8) is 0 Å². The number of para-hydroxylation sites is 1. The first-order chi connectivity index (χ1) is 12.2. The van der Waals surface area contributed by atoms with E-state index in [-0.39, 0.29) is 11.9 Å². The summed E-state index contributed by atoms with van der Waals surface area (Å²) in [5.74, 6) is 0.512. The number of carbonyl (C=O) groups is 1. The minimum Gasteiger partial charge on any atom is -0.496 e. The number of carbonyl (C=O) groups excluding carboxylic acids is 1. The Balaban J connectivity index is 1.69. The van der Waals surface area contributed by atoms with E-state index in [9.17, 15) is 4.79 Å². The predicted molar refractivity (Wildman–Crippen MR) is 101 cm³/mol. The number of nitrogens with zero attached hydrogens (tertiary/aromatic N) is 2. The number of hydrogen-bond acceptors (Lipinski definition) is 5. The lowest BCUT2D eigenvalue weighted by Crippen LogP contribution is -2.48. The Bertz CT molecular complexity index is 682. The van der Waals surface area contributed by atoms with Gasteiger partial charge in [-0.3, -0.25) is 9.69 Å². The molecule has 1 aliphatic heterocycles. The number of nitrogens with one attached hydrogen (secondary N) is 1. The van der Waals surface area contributed by atoms with Crippen LogP contribution in [0.25, 0.3) is 0 Å². The van der Waals surface area contributed by atoms with Gasteiger partial charge in [0.25, 0.3) is 5.91 Å². The van der Waals surface area contributed by atoms with Gasteiger partial charge in [-0.1, -0.05) is 12.1 Å². The van der Waals surface area contributed by atoms with E-state index >= 15 is 0 Å². The third-order valence-electron chi connectivity index (χ3n) is 4.71. The van der Waals surface area contributed by atoms with Gasteiger partial charge < -0.3 is 15.0 Å². The molecule has 25 heavy (non-hydrogen) atoms. The molecule has 1 fully saturated rings. The van der Waals surface area contributed by atoms with E-state index in [4.69, 9.17) is 4.74 Å². The molecule has 0 unspecified atom stereocenters. The molecule has 0 aliphatic carbocycles. The van der Waals surface area contributed by atoms with Crippen molar-refractivity contribution in [3.05, 3.63) is 52.2 Å². The number of methoxy groups -OCH3 is 1. The molecular formula is C19H25N3O2S. The second kappa shape index (κ2) is 8.47. The molecule has 6 heteroatoms. The largest absolute Gasteiger partial charge is 0.496 e. The SMILES string of the molecule is COc1ccccc1C(=O)NC[C@@H](c1ccsc1)N1CCN(C)CC1. The number of piperazine rings is 1. The van der Waals surface area contributed by atoms with Crippen LogP contribution in [-0.2, 0) is 0 Å². The van der Waals surface area contributed by atoms with Crippen LogP contribution in [-0.4, -0.2) is 62.6 Å². The van der Waals surface area contributed by atoms with Gasteiger partial charge in [-0.05, 0) is 41.6 Å². The summed E-state index contributed by atoms with van der Waals surface area (Å²) in [6.07, 6.45) is 0. The maximum Gasteiger partial charge on any atom is 0.255 e. The molecule has 1 amide bonds. The van der Waals surface area contributed by atoms with Crippen LogP contribution in [0.5, 0.6) is 5.75 Å². The van der Waals surface area contributed by atoms with Gasteiger partial charge >= 0.3 is 0 Å². The highest BCUT2D eigenvalue weighted by Gasteiger charge is 2.25. The minimum atomic E-state index is -0.0909. The summed E-state index contributed by atoms with van der Waals surface area (Å²) in [7, 11) is 3.74. The van der Waals surface area contributed by atoms with Gasteiger partial charge in [-0.25, -0.2) is 0 Å². The molecular weight excluding hydrogens is 334 g/mol. The van der Waals surface area contributed by atoms with Crippen molar-refractivity contribution in [2.24, 2.45) is 0 Å². The van der Waals surface area contributed by atoms with E-state index < -0.39 is 0 Å². The van der Waals surface area contributed by atoms with Gasteiger partial charge in [0.1, 0.15) is 5.75 Å². The zero-order valence-corrected chi connectivity index (χ0v) is 15.6. The molecule has 1 aromatic carbocycles. The molecule has 0 bridgehead atoms. The molecule has 2 heterocycles. The fourth-order valence-electron chi connectivity index (χ4n) is 3.17. The van der Waals surface area contributed by atoms with Crippen molar-refractivity contribution < 1.29 is 9.53 Å². The molecule has 1 aliphatic rings. The first kappa shape index (κ1) is 17.9. The fraction of sp³-hybridized carbons (Fsp3) is 0.421. The molecule has 0 radical (unpaired) electrons. The van der Waals surface area contributed by atoms with Crippen LogP contribution in [0, 0.1) is 0 Å². The number of rotatable bonds is 6. The maximum absolute atomic E-state index is 12.6. The summed E-state index contributed by atoms with van der Waals surface area (Å²) in [6, 6.07) is 9.69. The molecule has 5 nitrogen and oxygen atoms in total. The number of hydrogen-bond donors (Lipinski definition) is 1. The van der Waals surface area contributed by atoms with Crippen molar-refractivity contribution in [2.45, 2.75) is 6.04 Å². The number of thiophene rings is 1. The van der Waals surface area contributed by atoms with E-state index in [1.807, 2.05) is 18.2 Å². The standard InChI is InChI=1S/C19H25N3O2S/c1-21-8-10-22(11-9-21)17(15-7-12-25-14-15)13-20-19(23)16-5-3-4-6-18(16)24-2/h3-7,12,14,17H,8-11,13H2,1-2H3,(H,20,23)/t17-/m0/s1. The molecule has 134 valence electrons. The molecule has 0 saturated carbocycles. The van der Waals surface area contributed by atoms with Gasteiger partial charge in [-0.2, -0.15) is 11.3 Å². The summed E-state index contributed by atoms with van der Waals surface area (Å²) in [5, 5.41) is 7.38. The summed E-state index contributed by atoms with van der Waals surface area (Å²) in [4.78, 5) is 17.4. The molecule has 0 spiro atoms. The lowest BCUT2D eigenvalue weighted by molar-refractivity contribution is 0.0884. The van der Waals surface area contributed by atoms with E-state index in [1.54, 1.807) is 24.5 Å². The third-order valence-corrected chi connectivity index (χ3v) is 5.42. The first-order valence-electron chi connectivity index (χ1n) is 8.55. The average molecular weight is 359 g/mol. The smallest absolute Gasteiger partial charge is 0.255 e. The van der Waals surface area contributed by atoms with E-state index in [0.717, 1.165) is 26.2 Å². The first-order valence-corrected chi connectivity index (χ1v) is 9.49. The summed E-state index contributed by atoms with van der Waals surface area (Å²) < 4.78 is 5.30. The number of amides is 1. The highest BCUT2D eigenvalue weighted by atomic mass is 32.1. The summed E-state index contributed by atoms with van der Waals surface area (Å²) in [6.45, 7) is 4.74. The van der Waals surface area contributed by atoms with Crippen LogP contribution in [0.15, 0.2) is 41.1 Å². The van der Waals surface area contributed by atoms with Crippen molar-refractivity contribution in [1.82, 2.24) is 15.1 Å². The van der Waals surface area contributed by atoms with Gasteiger partial charge in [-0.15, -0.1) is 0 Å². The van der Waals surface area contributed by atoms with Crippen LogP contribution in [0.3, 0.4) is 0 Å². The van der Waals surface area contributed by atoms with Crippen LogP contribution in [0.1, 0.15) is 22.0 Å². The highest BCUT2D eigenvalue weighted by Crippen LogP contribution is 2.24. The molecule has 1 saturated heterocycles. The van der Waals surface area contributed by atoms with Gasteiger partial charge in [0.15, 0.2) is 0 Å². The van der Waals surface area contributed by atoms with Gasteiger partial charge in [0.2, 0.25) is 0 Å². The molecule has 1 N–H and O–H groups in total. The summed E-state index contributed by atoms with van der Waals surface area (Å²) >= 11 is 1.70. The van der Waals surface area contributed by atoms with Crippen molar-refractivity contribution in [3.8, 4) is 5.75 Å². The highest BCUT2D eigenvalue weighted by molar-refractivity contribution is 7.07. The molecule has 1 aromatic heterocycles. The van der Waals surface area contributed by atoms with Crippen LogP contribution >= 0.6 is 11.3 Å². The lowest BCUT2D eigenvalue weighted by Gasteiger charge is -2.38. The van der Waals surface area contributed by atoms with E-state index in [1.165, 1.54) is 5.56 Å². The Kier molecular flexibility index (Phi) is 6.07. The van der Waals surface area contributed by atoms with E-state index in [0.29, 0.717) is 17.9 Å². The Morgan fingerprint density at radius 3 is 2.68 bits per heavy atom. The molecule has 1 atom stereocenters. The number of ether oxygens (including phenoxy) is 1. The zero-order chi connectivity index (χ0) is 17.6. The van der Waals surface area contributed by atoms with Crippen LogP contribution in [0.4, 0.5) is 0 Å². The van der Waals surface area contributed by atoms with Crippen LogP contribution in [0.2, 0.25) is 0 Å². The third kappa shape index (κ3) is 4.39. The minimum absolute atomic E-state index is 0.0909. The van der Waals surface area contributed by atoms with Gasteiger partial charge in [0.05, 0.1) is 18.7 Å². The van der Waals surface area contributed by atoms with E-state index in [2.05, 4.69) is 39.0 Å². The fourth-order valence-corrected chi connectivity index (χ4v) is 3.88. The van der Waals surface area contributed by atoms with Crippen molar-refractivity contribution in [1.29, 1.82) is 0 Å². The van der Waals surface area contributed by atoms with Crippen molar-refractivity contribution in [2.75, 3.05) is 46.9 Å². The molecule has 3 rings (SSSR count). The zero-order valence-electron chi connectivity index (χ0n) is 14.8. The van der Waals surface area contributed by atoms with Gasteiger partial charge in [0, 0.05) is 32.7 Å². The predicted octanol–water partition coefficient (Wildman–Crippen LogP) is 2.48. The second-order valence-corrected chi connectivity index (χ2v) is 7.10. The Hall–Kier alpha value is -1.89. The average Bonchev–Trinajstić information content (AvgIpc) is 3.17. The Morgan fingerprint density at radius 1 is 1.24 bits per heavy atom. The normalized spacial score (nSPS) is 17.2. The van der Waals surface area contributed by atoms with Crippen LogP contribution < -0.4 is 10.1 Å². The summed E-state index contributed by atoms with van der Waals surface area (Å²) in [5.41, 5.74) is 1.85. The monoisotopic (exact) mass is 359 g/mol. The Morgan fingerprint density at radius 2 is 2.00 bits per heavy atom. The maximum atomic E-state index is 12.6. The molecule has 2 aromatic rings. The topological polar surface area (TPSA) is 44.8 Å². The van der Waals surface area contributed by atoms with Crippen molar-refractivity contribution >= 4 is 17.2 Å². The number of likely N-dealkylation sites (N-methyl/N-ethyl adjacent to an activating group) is 1. The quantitative estimate of drug-likeness (QED) is 0.861. The second-order valence-electron chi connectivity index (χ2n) is 6.32. The number of benzene rings is 1. The Labute approximate surface area is 153 Å².